The van der Waals surface area contributed by atoms with Crippen LogP contribution in [0.15, 0.2) is 52.7 Å². The number of nitrogens with zero attached hydrogens (tertiary/aromatic N) is 3. The normalized spacial score (nSPS) is 11.1. The van der Waals surface area contributed by atoms with Gasteiger partial charge < -0.3 is 10.5 Å². The summed E-state index contributed by atoms with van der Waals surface area (Å²) in [6.07, 6.45) is 0.0903. The second-order valence-electron chi connectivity index (χ2n) is 5.50. The first kappa shape index (κ1) is 16.6. The van der Waals surface area contributed by atoms with Crippen molar-refractivity contribution in [1.29, 1.82) is 0 Å². The van der Waals surface area contributed by atoms with Gasteiger partial charge in [0.05, 0.1) is 24.4 Å². The van der Waals surface area contributed by atoms with Crippen LogP contribution in [0, 0.1) is 5.92 Å². The number of nitrogens with two attached hydrogens (primary N) is 1. The Kier molecular flexibility index (Phi) is 5.80. The maximum Gasteiger partial charge on any atom is 0.311 e. The van der Waals surface area contributed by atoms with Crippen LogP contribution in [0.25, 0.3) is 0 Å². The van der Waals surface area contributed by atoms with Gasteiger partial charge >= 0.3 is 5.97 Å². The van der Waals surface area contributed by atoms with Crippen molar-refractivity contribution in [2.24, 2.45) is 16.1 Å². The molecule has 1 heterocycles. The van der Waals surface area contributed by atoms with Crippen LogP contribution in [0.5, 0.6) is 0 Å². The Bertz CT molecular complexity index is 684. The number of ether oxygens (including phenoxy) is 1. The molecule has 1 aromatic carbocycles. The van der Waals surface area contributed by atoms with Crippen molar-refractivity contribution in [3.63, 3.8) is 0 Å². The number of nitrogen functional groups attached to an aromatic ring is 1. The molecule has 2 rings (SSSR count). The summed E-state index contributed by atoms with van der Waals surface area (Å²) < 4.78 is 5.12. The molecule has 6 heteroatoms. The first-order chi connectivity index (χ1) is 11.0. The number of esters is 1. The van der Waals surface area contributed by atoms with E-state index >= 15 is 0 Å². The smallest absolute Gasteiger partial charge is 0.311 e. The lowest BCUT2D eigenvalue weighted by atomic mass is 10.2. The average molecular weight is 312 g/mol. The Labute approximate surface area is 135 Å². The minimum absolute atomic E-state index is 0.0903. The molecule has 120 valence electrons. The standard InChI is InChI=1S/C17H20N4O2/c1-12(2)11-23-16(22)10-14-8-9-15(17(18)19-14)21-20-13-6-4-3-5-7-13/h3-9,12H,10-11H2,1-2H3,(H2,18,19). The van der Waals surface area contributed by atoms with E-state index in [4.69, 9.17) is 10.5 Å². The number of carbonyl (C=O) groups excluding carboxylic acids is 1. The van der Waals surface area contributed by atoms with Crippen LogP contribution in [-0.4, -0.2) is 17.6 Å². The van der Waals surface area contributed by atoms with Crippen LogP contribution in [0.3, 0.4) is 0 Å². The molecule has 23 heavy (non-hydrogen) atoms. The zero-order valence-electron chi connectivity index (χ0n) is 13.3. The summed E-state index contributed by atoms with van der Waals surface area (Å²) in [7, 11) is 0. The number of anilines is 1. The summed E-state index contributed by atoms with van der Waals surface area (Å²) >= 11 is 0. The zero-order chi connectivity index (χ0) is 16.7. The molecular formula is C17H20N4O2. The van der Waals surface area contributed by atoms with Crippen LogP contribution < -0.4 is 5.73 Å². The van der Waals surface area contributed by atoms with Gasteiger partial charge in [-0.05, 0) is 30.2 Å². The Morgan fingerprint density at radius 2 is 1.91 bits per heavy atom. The molecule has 6 nitrogen and oxygen atoms in total. The summed E-state index contributed by atoms with van der Waals surface area (Å²) in [4.78, 5) is 15.9. The number of aromatic nitrogens is 1. The number of pyridine rings is 1. The zero-order valence-corrected chi connectivity index (χ0v) is 13.3. The highest BCUT2D eigenvalue weighted by Gasteiger charge is 2.09. The molecule has 0 saturated carbocycles. The Balaban J connectivity index is 2.00. The van der Waals surface area contributed by atoms with Gasteiger partial charge in [-0.3, -0.25) is 4.79 Å². The van der Waals surface area contributed by atoms with E-state index in [-0.39, 0.29) is 18.2 Å². The molecule has 0 aliphatic rings. The van der Waals surface area contributed by atoms with Crippen LogP contribution >= 0.6 is 0 Å². The highest BCUT2D eigenvalue weighted by Crippen LogP contribution is 2.23. The fourth-order valence-electron chi connectivity index (χ4n) is 1.76. The van der Waals surface area contributed by atoms with E-state index < -0.39 is 0 Å². The molecule has 0 unspecified atom stereocenters. The molecule has 0 aliphatic carbocycles. The van der Waals surface area contributed by atoms with Crippen molar-refractivity contribution in [1.82, 2.24) is 4.98 Å². The van der Waals surface area contributed by atoms with Gasteiger partial charge in [0.15, 0.2) is 5.82 Å². The summed E-state index contributed by atoms with van der Waals surface area (Å²) in [5.41, 5.74) is 7.61. The predicted octanol–water partition coefficient (Wildman–Crippen LogP) is 3.82. The van der Waals surface area contributed by atoms with Crippen molar-refractivity contribution >= 4 is 23.2 Å². The molecule has 2 N–H and O–H groups in total. The third-order valence-electron chi connectivity index (χ3n) is 2.89. The fraction of sp³-hybridized carbons (Fsp3) is 0.294. The van der Waals surface area contributed by atoms with Gasteiger partial charge in [0.2, 0.25) is 0 Å². The third kappa shape index (κ3) is 5.50. The molecule has 0 spiro atoms. The largest absolute Gasteiger partial charge is 0.465 e. The van der Waals surface area contributed by atoms with Crippen molar-refractivity contribution < 1.29 is 9.53 Å². The Morgan fingerprint density at radius 1 is 1.17 bits per heavy atom. The van der Waals surface area contributed by atoms with Gasteiger partial charge in [-0.15, -0.1) is 5.11 Å². The number of carbonyl (C=O) groups is 1. The van der Waals surface area contributed by atoms with Gasteiger partial charge in [-0.2, -0.15) is 5.11 Å². The SMILES string of the molecule is CC(C)COC(=O)Cc1ccc(N=Nc2ccccc2)c(N)n1. The van der Waals surface area contributed by atoms with Gasteiger partial charge in [0.25, 0.3) is 0 Å². The van der Waals surface area contributed by atoms with Gasteiger partial charge in [0, 0.05) is 0 Å². The quantitative estimate of drug-likeness (QED) is 0.648. The monoisotopic (exact) mass is 312 g/mol. The van der Waals surface area contributed by atoms with Gasteiger partial charge in [0.1, 0.15) is 5.69 Å². The van der Waals surface area contributed by atoms with Crippen LogP contribution in [-0.2, 0) is 16.0 Å². The van der Waals surface area contributed by atoms with Gasteiger partial charge in [-0.25, -0.2) is 4.98 Å². The predicted molar refractivity (Wildman–Crippen MR) is 88.8 cm³/mol. The number of hydrogen-bond donors (Lipinski definition) is 1. The molecule has 0 amide bonds. The van der Waals surface area contributed by atoms with E-state index in [0.29, 0.717) is 23.9 Å². The molecular weight excluding hydrogens is 292 g/mol. The van der Waals surface area contributed by atoms with Crippen molar-refractivity contribution in [3.8, 4) is 0 Å². The van der Waals surface area contributed by atoms with Crippen LogP contribution in [0.1, 0.15) is 19.5 Å². The van der Waals surface area contributed by atoms with Crippen LogP contribution in [0.4, 0.5) is 17.2 Å². The van der Waals surface area contributed by atoms with Crippen LogP contribution in [0.2, 0.25) is 0 Å². The van der Waals surface area contributed by atoms with E-state index in [0.717, 1.165) is 5.69 Å². The van der Waals surface area contributed by atoms with Crippen molar-refractivity contribution in [2.45, 2.75) is 20.3 Å². The third-order valence-corrected chi connectivity index (χ3v) is 2.89. The molecule has 0 saturated heterocycles. The number of hydrogen-bond acceptors (Lipinski definition) is 6. The maximum atomic E-state index is 11.7. The fourth-order valence-corrected chi connectivity index (χ4v) is 1.76. The molecule has 0 fully saturated rings. The first-order valence-corrected chi connectivity index (χ1v) is 7.42. The minimum atomic E-state index is -0.315. The molecule has 0 atom stereocenters. The maximum absolute atomic E-state index is 11.7. The number of rotatable bonds is 6. The molecule has 1 aromatic heterocycles. The lowest BCUT2D eigenvalue weighted by Crippen LogP contribution is -2.13. The lowest BCUT2D eigenvalue weighted by Gasteiger charge is -2.07. The minimum Gasteiger partial charge on any atom is -0.465 e. The van der Waals surface area contributed by atoms with E-state index in [1.807, 2.05) is 44.2 Å². The van der Waals surface area contributed by atoms with Crippen molar-refractivity contribution in [2.75, 3.05) is 12.3 Å². The molecule has 0 aliphatic heterocycles. The highest BCUT2D eigenvalue weighted by molar-refractivity contribution is 5.72. The Morgan fingerprint density at radius 3 is 2.57 bits per heavy atom. The second-order valence-corrected chi connectivity index (χ2v) is 5.50. The number of benzene rings is 1. The molecule has 0 bridgehead atoms. The highest BCUT2D eigenvalue weighted by atomic mass is 16.5. The van der Waals surface area contributed by atoms with E-state index in [2.05, 4.69) is 15.2 Å². The Hall–Kier alpha value is -2.76. The average Bonchev–Trinajstić information content (AvgIpc) is 2.53. The topological polar surface area (TPSA) is 89.9 Å². The summed E-state index contributed by atoms with van der Waals surface area (Å²) in [5, 5.41) is 8.17. The first-order valence-electron chi connectivity index (χ1n) is 7.42. The van der Waals surface area contributed by atoms with E-state index in [1.165, 1.54) is 0 Å². The van der Waals surface area contributed by atoms with Gasteiger partial charge in [-0.1, -0.05) is 32.0 Å². The van der Waals surface area contributed by atoms with E-state index in [9.17, 15) is 4.79 Å². The second kappa shape index (κ2) is 8.03. The molecule has 0 radical (unpaired) electrons. The molecule has 2 aromatic rings. The summed E-state index contributed by atoms with van der Waals surface area (Å²) in [6.45, 7) is 4.36. The summed E-state index contributed by atoms with van der Waals surface area (Å²) in [5.74, 6) is 0.223. The number of azo groups is 1. The van der Waals surface area contributed by atoms with E-state index in [1.54, 1.807) is 12.1 Å². The summed E-state index contributed by atoms with van der Waals surface area (Å²) in [6, 6.07) is 12.7. The lowest BCUT2D eigenvalue weighted by molar-refractivity contribution is -0.143. The van der Waals surface area contributed by atoms with Crippen molar-refractivity contribution in [3.05, 3.63) is 48.2 Å².